The number of ether oxygens (including phenoxy) is 2. The molecule has 0 aromatic carbocycles. The summed E-state index contributed by atoms with van der Waals surface area (Å²) in [4.78, 5) is 15.3. The van der Waals surface area contributed by atoms with E-state index in [0.29, 0.717) is 29.9 Å². The summed E-state index contributed by atoms with van der Waals surface area (Å²) >= 11 is 0. The molecule has 0 radical (unpaired) electrons. The van der Waals surface area contributed by atoms with Gasteiger partial charge in [0.05, 0.1) is 13.7 Å². The summed E-state index contributed by atoms with van der Waals surface area (Å²) < 4.78 is 12.0. The highest BCUT2D eigenvalue weighted by molar-refractivity contribution is 6.03. The Balaban J connectivity index is 2.64. The second-order valence-corrected chi connectivity index (χ2v) is 3.74. The molecule has 0 fully saturated rings. The van der Waals surface area contributed by atoms with E-state index in [1.807, 2.05) is 0 Å². The number of hydrogen-bond acceptors (Lipinski definition) is 4. The fourth-order valence-electron chi connectivity index (χ4n) is 1.88. The van der Waals surface area contributed by atoms with Crippen LogP contribution in [0.3, 0.4) is 0 Å². The molecule has 2 aromatic rings. The zero-order chi connectivity index (χ0) is 13.1. The largest absolute Gasteiger partial charge is 0.494 e. The maximum absolute atomic E-state index is 11.2. The van der Waals surface area contributed by atoms with E-state index >= 15 is 0 Å². The third-order valence-corrected chi connectivity index (χ3v) is 2.70. The topological polar surface area (TPSA) is 73.6 Å². The highest BCUT2D eigenvalue weighted by Gasteiger charge is 2.18. The lowest BCUT2D eigenvalue weighted by molar-refractivity contribution is 0.0698. The summed E-state index contributed by atoms with van der Waals surface area (Å²) in [7, 11) is 3.14. The van der Waals surface area contributed by atoms with Crippen LogP contribution in [-0.2, 0) is 11.3 Å². The molecule has 2 aromatic heterocycles. The number of carboxylic acids is 1. The van der Waals surface area contributed by atoms with Crippen molar-refractivity contribution in [2.75, 3.05) is 20.8 Å². The number of pyridine rings is 1. The fourth-order valence-corrected chi connectivity index (χ4v) is 1.88. The van der Waals surface area contributed by atoms with E-state index in [1.54, 1.807) is 31.0 Å². The van der Waals surface area contributed by atoms with E-state index in [0.717, 1.165) is 0 Å². The predicted octanol–water partition coefficient (Wildman–Crippen LogP) is 1.39. The minimum atomic E-state index is -1.00. The van der Waals surface area contributed by atoms with Crippen LogP contribution in [-0.4, -0.2) is 41.5 Å². The average molecular weight is 250 g/mol. The van der Waals surface area contributed by atoms with Gasteiger partial charge < -0.3 is 19.1 Å². The Morgan fingerprint density at radius 3 is 2.89 bits per heavy atom. The first-order chi connectivity index (χ1) is 8.69. The fraction of sp³-hybridized carbons (Fsp3) is 0.333. The number of rotatable bonds is 5. The lowest BCUT2D eigenvalue weighted by Gasteiger charge is -2.07. The molecule has 0 spiro atoms. The Labute approximate surface area is 104 Å². The van der Waals surface area contributed by atoms with Crippen molar-refractivity contribution in [2.45, 2.75) is 6.54 Å². The van der Waals surface area contributed by atoms with Gasteiger partial charge in [0.25, 0.3) is 0 Å². The molecule has 96 valence electrons. The van der Waals surface area contributed by atoms with E-state index in [2.05, 4.69) is 4.98 Å². The summed E-state index contributed by atoms with van der Waals surface area (Å²) in [6.45, 7) is 1.03. The second kappa shape index (κ2) is 5.05. The van der Waals surface area contributed by atoms with E-state index in [9.17, 15) is 4.79 Å². The molecule has 2 rings (SSSR count). The smallest absolute Gasteiger partial charge is 0.339 e. The first-order valence-corrected chi connectivity index (χ1v) is 5.43. The van der Waals surface area contributed by atoms with E-state index < -0.39 is 5.97 Å². The van der Waals surface area contributed by atoms with Crippen LogP contribution in [0.2, 0.25) is 0 Å². The van der Waals surface area contributed by atoms with E-state index in [-0.39, 0.29) is 5.56 Å². The maximum Gasteiger partial charge on any atom is 0.339 e. The van der Waals surface area contributed by atoms with Gasteiger partial charge in [-0.1, -0.05) is 0 Å². The molecule has 0 aliphatic heterocycles. The van der Waals surface area contributed by atoms with Crippen LogP contribution >= 0.6 is 0 Å². The normalized spacial score (nSPS) is 10.8. The van der Waals surface area contributed by atoms with Crippen molar-refractivity contribution in [1.29, 1.82) is 0 Å². The van der Waals surface area contributed by atoms with Gasteiger partial charge in [0, 0.05) is 32.1 Å². The molecule has 0 saturated heterocycles. The Morgan fingerprint density at radius 2 is 2.28 bits per heavy atom. The van der Waals surface area contributed by atoms with Crippen molar-refractivity contribution < 1.29 is 19.4 Å². The Hall–Kier alpha value is -2.08. The monoisotopic (exact) mass is 250 g/mol. The van der Waals surface area contributed by atoms with Crippen molar-refractivity contribution in [3.05, 3.63) is 24.0 Å². The quantitative estimate of drug-likeness (QED) is 0.868. The summed E-state index contributed by atoms with van der Waals surface area (Å²) in [5.41, 5.74) is 1.27. The zero-order valence-electron chi connectivity index (χ0n) is 10.2. The second-order valence-electron chi connectivity index (χ2n) is 3.74. The van der Waals surface area contributed by atoms with Gasteiger partial charge in [0.1, 0.15) is 22.3 Å². The maximum atomic E-state index is 11.2. The van der Waals surface area contributed by atoms with Crippen molar-refractivity contribution in [2.24, 2.45) is 0 Å². The van der Waals surface area contributed by atoms with Crippen LogP contribution in [0.5, 0.6) is 5.75 Å². The molecule has 1 N–H and O–H groups in total. The van der Waals surface area contributed by atoms with Crippen LogP contribution < -0.4 is 4.74 Å². The van der Waals surface area contributed by atoms with Gasteiger partial charge in [-0.2, -0.15) is 0 Å². The molecule has 6 heteroatoms. The number of hydrogen-bond donors (Lipinski definition) is 1. The van der Waals surface area contributed by atoms with Gasteiger partial charge in [0.2, 0.25) is 0 Å². The number of aromatic nitrogens is 2. The molecule has 0 bridgehead atoms. The number of nitrogens with zero attached hydrogens (tertiary/aromatic N) is 2. The van der Waals surface area contributed by atoms with Gasteiger partial charge in [-0.15, -0.1) is 0 Å². The number of fused-ring (bicyclic) bond motifs is 1. The van der Waals surface area contributed by atoms with Gasteiger partial charge in [-0.25, -0.2) is 4.79 Å². The first kappa shape index (κ1) is 12.4. The van der Waals surface area contributed by atoms with Crippen molar-refractivity contribution in [3.63, 3.8) is 0 Å². The molecule has 0 aliphatic rings. The number of methoxy groups -OCH3 is 2. The SMILES string of the molecule is COCCn1cc(C(=O)O)c2nccc(OC)c21. The highest BCUT2D eigenvalue weighted by atomic mass is 16.5. The van der Waals surface area contributed by atoms with Crippen molar-refractivity contribution in [1.82, 2.24) is 9.55 Å². The molecule has 0 aliphatic carbocycles. The number of carbonyl (C=O) groups is 1. The molecule has 6 nitrogen and oxygen atoms in total. The molecule has 0 amide bonds. The Kier molecular flexibility index (Phi) is 3.47. The third kappa shape index (κ3) is 2.02. The average Bonchev–Trinajstić information content (AvgIpc) is 2.75. The number of aromatic carboxylic acids is 1. The van der Waals surface area contributed by atoms with Gasteiger partial charge in [0.15, 0.2) is 0 Å². The van der Waals surface area contributed by atoms with Crippen molar-refractivity contribution >= 4 is 17.0 Å². The molecular formula is C12H14N2O4. The number of carboxylic acid groups (broad SMARTS) is 1. The third-order valence-electron chi connectivity index (χ3n) is 2.70. The van der Waals surface area contributed by atoms with E-state index in [1.165, 1.54) is 6.20 Å². The Bertz CT molecular complexity index is 577. The highest BCUT2D eigenvalue weighted by Crippen LogP contribution is 2.27. The minimum absolute atomic E-state index is 0.167. The zero-order valence-corrected chi connectivity index (χ0v) is 10.2. The molecule has 0 unspecified atom stereocenters. The summed E-state index contributed by atoms with van der Waals surface area (Å²) in [6, 6.07) is 1.71. The van der Waals surface area contributed by atoms with Crippen LogP contribution in [0.15, 0.2) is 18.5 Å². The molecule has 18 heavy (non-hydrogen) atoms. The molecule has 0 saturated carbocycles. The van der Waals surface area contributed by atoms with Gasteiger partial charge >= 0.3 is 5.97 Å². The summed E-state index contributed by atoms with van der Waals surface area (Å²) in [5, 5.41) is 9.16. The van der Waals surface area contributed by atoms with Gasteiger partial charge in [-0.05, 0) is 0 Å². The van der Waals surface area contributed by atoms with E-state index in [4.69, 9.17) is 14.6 Å². The lowest BCUT2D eigenvalue weighted by Crippen LogP contribution is -2.03. The minimum Gasteiger partial charge on any atom is -0.494 e. The van der Waals surface area contributed by atoms with Crippen molar-refractivity contribution in [3.8, 4) is 5.75 Å². The predicted molar refractivity (Wildman–Crippen MR) is 65.1 cm³/mol. The van der Waals surface area contributed by atoms with Crippen LogP contribution in [0, 0.1) is 0 Å². The molecule has 0 atom stereocenters. The first-order valence-electron chi connectivity index (χ1n) is 5.43. The van der Waals surface area contributed by atoms with Crippen LogP contribution in [0.25, 0.3) is 11.0 Å². The van der Waals surface area contributed by atoms with Gasteiger partial charge in [-0.3, -0.25) is 4.98 Å². The summed E-state index contributed by atoms with van der Waals surface area (Å²) in [6.07, 6.45) is 3.09. The molecular weight excluding hydrogens is 236 g/mol. The van der Waals surface area contributed by atoms with Crippen LogP contribution in [0.4, 0.5) is 0 Å². The lowest BCUT2D eigenvalue weighted by atomic mass is 10.2. The standard InChI is InChI=1S/C12H14N2O4/c1-17-6-5-14-7-8(12(15)16)10-11(14)9(18-2)3-4-13-10/h3-4,7H,5-6H2,1-2H3,(H,15,16). The molecule has 2 heterocycles. The van der Waals surface area contributed by atoms with Crippen LogP contribution in [0.1, 0.15) is 10.4 Å². The Morgan fingerprint density at radius 1 is 1.50 bits per heavy atom. The summed E-state index contributed by atoms with van der Waals surface area (Å²) in [5.74, 6) is -0.402.